The van der Waals surface area contributed by atoms with Gasteiger partial charge in [-0.2, -0.15) is 0 Å². The Hall–Kier alpha value is -1.40. The number of hydrogen-bond acceptors (Lipinski definition) is 5. The molecule has 21 heavy (non-hydrogen) atoms. The van der Waals surface area contributed by atoms with Crippen molar-refractivity contribution >= 4 is 5.97 Å². The van der Waals surface area contributed by atoms with Gasteiger partial charge in [-0.1, -0.05) is 0 Å². The summed E-state index contributed by atoms with van der Waals surface area (Å²) in [4.78, 5) is 19.5. The average molecular weight is 293 g/mol. The minimum absolute atomic E-state index is 0.0986. The molecule has 6 heteroatoms. The Morgan fingerprint density at radius 3 is 2.67 bits per heavy atom. The topological polar surface area (TPSA) is 90.2 Å². The number of aromatic nitrogens is 2. The number of ether oxygens (including phenoxy) is 2. The van der Waals surface area contributed by atoms with Crippen molar-refractivity contribution in [2.75, 3.05) is 0 Å². The van der Waals surface area contributed by atoms with E-state index in [9.17, 15) is 4.79 Å². The van der Waals surface area contributed by atoms with Gasteiger partial charge in [-0.3, -0.25) is 0 Å². The predicted molar refractivity (Wildman–Crippen MR) is 76.8 cm³/mol. The lowest BCUT2D eigenvalue weighted by Crippen LogP contribution is -2.44. The van der Waals surface area contributed by atoms with Crippen LogP contribution in [-0.2, 0) is 15.0 Å². The highest BCUT2D eigenvalue weighted by Gasteiger charge is 2.37. The molecule has 2 fully saturated rings. The molecular weight excluding hydrogens is 270 g/mol. The second-order valence-electron chi connectivity index (χ2n) is 6.41. The third-order valence-corrected chi connectivity index (χ3v) is 4.44. The summed E-state index contributed by atoms with van der Waals surface area (Å²) in [5.41, 5.74) is 6.19. The smallest absolute Gasteiger partial charge is 0.356 e. The zero-order valence-electron chi connectivity index (χ0n) is 12.6. The molecule has 1 saturated heterocycles. The number of carbonyl (C=O) groups is 1. The van der Waals surface area contributed by atoms with Crippen LogP contribution in [0.3, 0.4) is 0 Å². The fourth-order valence-corrected chi connectivity index (χ4v) is 3.13. The first kappa shape index (κ1) is 14.5. The third-order valence-electron chi connectivity index (χ3n) is 4.44. The maximum absolute atomic E-state index is 12.2. The van der Waals surface area contributed by atoms with Gasteiger partial charge in [0.15, 0.2) is 0 Å². The summed E-state index contributed by atoms with van der Waals surface area (Å²) >= 11 is 0. The van der Waals surface area contributed by atoms with Crippen LogP contribution < -0.4 is 5.73 Å². The molecule has 1 aromatic heterocycles. The molecule has 1 aliphatic carbocycles. The van der Waals surface area contributed by atoms with Crippen LogP contribution in [-0.4, -0.2) is 34.2 Å². The van der Waals surface area contributed by atoms with Crippen LogP contribution >= 0.6 is 0 Å². The first-order chi connectivity index (χ1) is 9.96. The Morgan fingerprint density at radius 2 is 2.10 bits per heavy atom. The fraction of sp³-hybridized carbons (Fsp3) is 0.733. The van der Waals surface area contributed by atoms with Gasteiger partial charge in [0.25, 0.3) is 0 Å². The van der Waals surface area contributed by atoms with Crippen molar-refractivity contribution in [2.24, 2.45) is 5.73 Å². The molecule has 1 saturated carbocycles. The number of hydrogen-bond donors (Lipinski definition) is 2. The molecule has 0 bridgehead atoms. The van der Waals surface area contributed by atoms with E-state index >= 15 is 0 Å². The van der Waals surface area contributed by atoms with E-state index in [1.54, 1.807) is 0 Å². The van der Waals surface area contributed by atoms with Gasteiger partial charge in [-0.25, -0.2) is 9.78 Å². The molecule has 6 nitrogen and oxygen atoms in total. The number of nitrogens with one attached hydrogen (secondary N) is 1. The summed E-state index contributed by atoms with van der Waals surface area (Å²) in [6, 6.07) is 0. The lowest BCUT2D eigenvalue weighted by atomic mass is 9.77. The summed E-state index contributed by atoms with van der Waals surface area (Å²) in [6.07, 6.45) is 6.05. The summed E-state index contributed by atoms with van der Waals surface area (Å²) in [7, 11) is 0. The third kappa shape index (κ3) is 2.96. The van der Waals surface area contributed by atoms with Gasteiger partial charge in [0, 0.05) is 12.8 Å². The second kappa shape index (κ2) is 5.42. The number of carbonyl (C=O) groups excluding carboxylic acids is 1. The molecule has 3 rings (SSSR count). The summed E-state index contributed by atoms with van der Waals surface area (Å²) in [6.45, 7) is 4.00. The van der Waals surface area contributed by atoms with E-state index in [1.807, 2.05) is 13.8 Å². The Balaban J connectivity index is 1.63. The normalized spacial score (nSPS) is 31.5. The minimum Gasteiger partial charge on any atom is -0.457 e. The van der Waals surface area contributed by atoms with Crippen molar-refractivity contribution in [3.63, 3.8) is 0 Å². The van der Waals surface area contributed by atoms with Gasteiger partial charge in [-0.15, -0.1) is 0 Å². The second-order valence-corrected chi connectivity index (χ2v) is 6.41. The van der Waals surface area contributed by atoms with E-state index in [0.29, 0.717) is 11.5 Å². The molecule has 1 aliphatic heterocycles. The van der Waals surface area contributed by atoms with Crippen LogP contribution in [0.2, 0.25) is 0 Å². The molecule has 2 unspecified atom stereocenters. The SMILES string of the molecule is CC1CC(OC(=O)c2cnc(C3(N)CCC3)[nH]2)CC(C)O1. The molecule has 2 heterocycles. The van der Waals surface area contributed by atoms with Crippen molar-refractivity contribution in [1.82, 2.24) is 9.97 Å². The number of nitrogens with zero attached hydrogens (tertiary/aromatic N) is 1. The van der Waals surface area contributed by atoms with Crippen molar-refractivity contribution in [2.45, 2.75) is 69.8 Å². The average Bonchev–Trinajstić information content (AvgIpc) is 2.84. The van der Waals surface area contributed by atoms with Gasteiger partial charge >= 0.3 is 5.97 Å². The Morgan fingerprint density at radius 1 is 1.43 bits per heavy atom. The van der Waals surface area contributed by atoms with Gasteiger partial charge in [0.1, 0.15) is 17.6 Å². The number of imidazole rings is 1. The lowest BCUT2D eigenvalue weighted by molar-refractivity contribution is -0.0856. The molecule has 2 aliphatic rings. The predicted octanol–water partition coefficient (Wildman–Crippen LogP) is 1.86. The summed E-state index contributed by atoms with van der Waals surface area (Å²) in [5, 5.41) is 0. The first-order valence-corrected chi connectivity index (χ1v) is 7.67. The largest absolute Gasteiger partial charge is 0.457 e. The molecule has 1 aromatic rings. The lowest BCUT2D eigenvalue weighted by Gasteiger charge is -2.35. The zero-order valence-corrected chi connectivity index (χ0v) is 12.6. The van der Waals surface area contributed by atoms with Crippen molar-refractivity contribution in [3.8, 4) is 0 Å². The monoisotopic (exact) mass is 293 g/mol. The number of nitrogens with two attached hydrogens (primary N) is 1. The van der Waals surface area contributed by atoms with Crippen molar-refractivity contribution in [3.05, 3.63) is 17.7 Å². The van der Waals surface area contributed by atoms with Gasteiger partial charge in [0.2, 0.25) is 0 Å². The standard InChI is InChI=1S/C15H23N3O3/c1-9-6-11(7-10(2)20-9)21-13(19)12-8-17-14(18-12)15(16)4-3-5-15/h8-11H,3-7,16H2,1-2H3,(H,17,18). The van der Waals surface area contributed by atoms with E-state index in [1.165, 1.54) is 6.20 Å². The summed E-state index contributed by atoms with van der Waals surface area (Å²) in [5.74, 6) is 0.331. The van der Waals surface area contributed by atoms with Crippen molar-refractivity contribution < 1.29 is 14.3 Å². The summed E-state index contributed by atoms with van der Waals surface area (Å²) < 4.78 is 11.2. The fourth-order valence-electron chi connectivity index (χ4n) is 3.13. The number of H-pyrrole nitrogens is 1. The Bertz CT molecular complexity index is 514. The van der Waals surface area contributed by atoms with Crippen LogP contribution in [0.1, 0.15) is 62.3 Å². The molecular formula is C15H23N3O3. The maximum atomic E-state index is 12.2. The van der Waals surface area contributed by atoms with E-state index in [2.05, 4.69) is 9.97 Å². The Labute approximate surface area is 124 Å². The molecule has 116 valence electrons. The highest BCUT2D eigenvalue weighted by molar-refractivity contribution is 5.87. The van der Waals surface area contributed by atoms with E-state index in [0.717, 1.165) is 32.1 Å². The van der Waals surface area contributed by atoms with Gasteiger partial charge < -0.3 is 20.2 Å². The van der Waals surface area contributed by atoms with Crippen LogP contribution in [0, 0.1) is 0 Å². The van der Waals surface area contributed by atoms with Crippen LogP contribution in [0.4, 0.5) is 0 Å². The van der Waals surface area contributed by atoms with Gasteiger partial charge in [0.05, 0.1) is 23.9 Å². The Kier molecular flexibility index (Phi) is 3.75. The van der Waals surface area contributed by atoms with Crippen LogP contribution in [0.5, 0.6) is 0 Å². The number of rotatable bonds is 3. The number of esters is 1. The molecule has 0 aromatic carbocycles. The van der Waals surface area contributed by atoms with Gasteiger partial charge in [-0.05, 0) is 33.1 Å². The van der Waals surface area contributed by atoms with E-state index in [-0.39, 0.29) is 29.8 Å². The molecule has 2 atom stereocenters. The van der Waals surface area contributed by atoms with Crippen LogP contribution in [0.15, 0.2) is 6.20 Å². The molecule has 0 spiro atoms. The maximum Gasteiger partial charge on any atom is 0.356 e. The highest BCUT2D eigenvalue weighted by atomic mass is 16.6. The molecule has 0 radical (unpaired) electrons. The first-order valence-electron chi connectivity index (χ1n) is 7.67. The van der Waals surface area contributed by atoms with Crippen molar-refractivity contribution in [1.29, 1.82) is 0 Å². The van der Waals surface area contributed by atoms with Crippen LogP contribution in [0.25, 0.3) is 0 Å². The van der Waals surface area contributed by atoms with E-state index < -0.39 is 0 Å². The highest BCUT2D eigenvalue weighted by Crippen LogP contribution is 2.36. The zero-order chi connectivity index (χ0) is 15.0. The molecule has 3 N–H and O–H groups in total. The quantitative estimate of drug-likeness (QED) is 0.830. The number of aromatic amines is 1. The van der Waals surface area contributed by atoms with E-state index in [4.69, 9.17) is 15.2 Å². The molecule has 0 amide bonds. The minimum atomic E-state index is -0.389.